The molecule has 0 unspecified atom stereocenters. The Bertz CT molecular complexity index is 979. The molecule has 0 N–H and O–H groups in total. The Morgan fingerprint density at radius 3 is 2.40 bits per heavy atom. The lowest BCUT2D eigenvalue weighted by atomic mass is 10.1. The van der Waals surface area contributed by atoms with Crippen LogP contribution in [0.4, 0.5) is 5.69 Å². The van der Waals surface area contributed by atoms with E-state index in [4.69, 9.17) is 9.73 Å². The quantitative estimate of drug-likeness (QED) is 0.451. The molecular weight excluding hydrogens is 396 g/mol. The number of thioether (sulfide) groups is 1. The van der Waals surface area contributed by atoms with E-state index in [0.29, 0.717) is 22.2 Å². The third-order valence-electron chi connectivity index (χ3n) is 4.85. The van der Waals surface area contributed by atoms with Crippen molar-refractivity contribution in [2.75, 3.05) is 6.61 Å². The van der Waals surface area contributed by atoms with Gasteiger partial charge in [-0.3, -0.25) is 9.69 Å². The van der Waals surface area contributed by atoms with Gasteiger partial charge in [-0.05, 0) is 74.9 Å². The van der Waals surface area contributed by atoms with Crippen molar-refractivity contribution in [2.45, 2.75) is 40.2 Å². The molecule has 0 aromatic heterocycles. The Kier molecular flexibility index (Phi) is 7.11. The van der Waals surface area contributed by atoms with Crippen molar-refractivity contribution in [1.82, 2.24) is 4.90 Å². The largest absolute Gasteiger partial charge is 0.462 e. The normalized spacial score (nSPS) is 17.6. The topological polar surface area (TPSA) is 59.0 Å². The molecule has 1 saturated heterocycles. The van der Waals surface area contributed by atoms with Crippen LogP contribution in [0.25, 0.3) is 6.08 Å². The maximum Gasteiger partial charge on any atom is 0.338 e. The van der Waals surface area contributed by atoms with Crippen LogP contribution in [0.1, 0.15) is 48.7 Å². The molecular formula is C24H26N2O3S. The van der Waals surface area contributed by atoms with Crippen molar-refractivity contribution in [3.05, 3.63) is 70.1 Å². The minimum atomic E-state index is -0.349. The van der Waals surface area contributed by atoms with Crippen LogP contribution >= 0.6 is 11.8 Å². The Balaban J connectivity index is 1.89. The molecule has 5 nitrogen and oxygen atoms in total. The van der Waals surface area contributed by atoms with Gasteiger partial charge in [0, 0.05) is 6.04 Å². The van der Waals surface area contributed by atoms with E-state index < -0.39 is 0 Å². The van der Waals surface area contributed by atoms with E-state index >= 15 is 0 Å². The van der Waals surface area contributed by atoms with Crippen LogP contribution < -0.4 is 0 Å². The Morgan fingerprint density at radius 2 is 1.80 bits per heavy atom. The van der Waals surface area contributed by atoms with E-state index in [1.807, 2.05) is 56.3 Å². The zero-order valence-corrected chi connectivity index (χ0v) is 18.5. The summed E-state index contributed by atoms with van der Waals surface area (Å²) in [6.07, 6.45) is 2.68. The Hall–Kier alpha value is -2.86. The SMILES string of the molecule is CCOC(=O)c1ccc(/C=C2/SC(=Nc3ccc(C)cc3)N([C@@H](C)CC)C2=O)cc1. The van der Waals surface area contributed by atoms with Crippen molar-refractivity contribution in [3.63, 3.8) is 0 Å². The van der Waals surface area contributed by atoms with Crippen molar-refractivity contribution in [1.29, 1.82) is 0 Å². The van der Waals surface area contributed by atoms with Gasteiger partial charge in [0.25, 0.3) is 5.91 Å². The summed E-state index contributed by atoms with van der Waals surface area (Å²) in [5, 5.41) is 0.688. The van der Waals surface area contributed by atoms with Gasteiger partial charge in [-0.15, -0.1) is 0 Å². The number of nitrogens with zero attached hydrogens (tertiary/aromatic N) is 2. The van der Waals surface area contributed by atoms with Gasteiger partial charge in [0.15, 0.2) is 5.17 Å². The number of ether oxygens (including phenoxy) is 1. The van der Waals surface area contributed by atoms with Crippen molar-refractivity contribution < 1.29 is 14.3 Å². The van der Waals surface area contributed by atoms with Gasteiger partial charge in [-0.2, -0.15) is 0 Å². The lowest BCUT2D eigenvalue weighted by molar-refractivity contribution is -0.123. The average molecular weight is 423 g/mol. The molecule has 156 valence electrons. The van der Waals surface area contributed by atoms with E-state index in [9.17, 15) is 9.59 Å². The molecule has 1 aliphatic heterocycles. The van der Waals surface area contributed by atoms with E-state index in [0.717, 1.165) is 17.7 Å². The fraction of sp³-hybridized carbons (Fsp3) is 0.292. The van der Waals surface area contributed by atoms with E-state index in [1.54, 1.807) is 24.0 Å². The number of aryl methyl sites for hydroxylation is 1. The zero-order valence-electron chi connectivity index (χ0n) is 17.7. The molecule has 0 saturated carbocycles. The highest BCUT2D eigenvalue weighted by molar-refractivity contribution is 8.18. The Morgan fingerprint density at radius 1 is 1.13 bits per heavy atom. The van der Waals surface area contributed by atoms with Crippen LogP contribution in [0, 0.1) is 6.92 Å². The standard InChI is InChI=1S/C24H26N2O3S/c1-5-17(4)26-22(27)21(30-24(26)25-20-13-7-16(3)8-14-20)15-18-9-11-19(12-10-18)23(28)29-6-2/h7-15,17H,5-6H2,1-4H3/b21-15+,25-24?/t17-/m0/s1. The molecule has 0 aliphatic carbocycles. The molecule has 6 heteroatoms. The van der Waals surface area contributed by atoms with Crippen molar-refractivity contribution in [3.8, 4) is 0 Å². The number of esters is 1. The predicted octanol–water partition coefficient (Wildman–Crippen LogP) is 5.57. The molecule has 1 aliphatic rings. The minimum absolute atomic E-state index is 0.0466. The first-order valence-corrected chi connectivity index (χ1v) is 10.9. The first-order chi connectivity index (χ1) is 14.4. The number of amides is 1. The molecule has 30 heavy (non-hydrogen) atoms. The maximum atomic E-state index is 13.1. The summed E-state index contributed by atoms with van der Waals surface area (Å²) in [5.74, 6) is -0.395. The monoisotopic (exact) mass is 422 g/mol. The minimum Gasteiger partial charge on any atom is -0.462 e. The van der Waals surface area contributed by atoms with Crippen LogP contribution in [0.5, 0.6) is 0 Å². The molecule has 1 fully saturated rings. The lowest BCUT2D eigenvalue weighted by Gasteiger charge is -2.22. The van der Waals surface area contributed by atoms with Gasteiger partial charge in [0.2, 0.25) is 0 Å². The summed E-state index contributed by atoms with van der Waals surface area (Å²) >= 11 is 1.38. The highest BCUT2D eigenvalue weighted by Gasteiger charge is 2.36. The predicted molar refractivity (Wildman–Crippen MR) is 123 cm³/mol. The average Bonchev–Trinajstić information content (AvgIpc) is 3.04. The van der Waals surface area contributed by atoms with Crippen LogP contribution in [0.3, 0.4) is 0 Å². The summed E-state index contributed by atoms with van der Waals surface area (Å²) in [6.45, 7) is 8.23. The van der Waals surface area contributed by atoms with Gasteiger partial charge < -0.3 is 4.74 Å². The second kappa shape index (κ2) is 9.76. The molecule has 1 amide bonds. The maximum absolute atomic E-state index is 13.1. The fourth-order valence-corrected chi connectivity index (χ4v) is 4.04. The summed E-state index contributed by atoms with van der Waals surface area (Å²) in [4.78, 5) is 32.0. The van der Waals surface area contributed by atoms with Crippen molar-refractivity contribution in [2.24, 2.45) is 4.99 Å². The number of hydrogen-bond donors (Lipinski definition) is 0. The number of rotatable bonds is 6. The molecule has 1 atom stereocenters. The van der Waals surface area contributed by atoms with E-state index in [2.05, 4.69) is 6.92 Å². The number of carbonyl (C=O) groups excluding carboxylic acids is 2. The van der Waals surface area contributed by atoms with Gasteiger partial charge in [-0.1, -0.05) is 36.8 Å². The lowest BCUT2D eigenvalue weighted by Crippen LogP contribution is -2.36. The number of carbonyl (C=O) groups is 2. The summed E-state index contributed by atoms with van der Waals surface area (Å²) < 4.78 is 5.01. The first-order valence-electron chi connectivity index (χ1n) is 10.1. The summed E-state index contributed by atoms with van der Waals surface area (Å²) in [5.41, 5.74) is 3.33. The van der Waals surface area contributed by atoms with E-state index in [-0.39, 0.29) is 17.9 Å². The number of benzene rings is 2. The van der Waals surface area contributed by atoms with Crippen molar-refractivity contribution >= 4 is 40.6 Å². The molecule has 0 radical (unpaired) electrons. The van der Waals surface area contributed by atoms with E-state index in [1.165, 1.54) is 17.3 Å². The first kappa shape index (κ1) is 21.8. The third kappa shape index (κ3) is 5.00. The molecule has 2 aromatic carbocycles. The van der Waals surface area contributed by atoms with Crippen LogP contribution in [-0.2, 0) is 9.53 Å². The second-order valence-electron chi connectivity index (χ2n) is 7.12. The summed E-state index contributed by atoms with van der Waals surface area (Å²) in [6, 6.07) is 15.0. The molecule has 1 heterocycles. The Labute approximate surface area is 181 Å². The van der Waals surface area contributed by atoms with Gasteiger partial charge in [0.1, 0.15) is 0 Å². The number of aliphatic imine (C=N–C) groups is 1. The smallest absolute Gasteiger partial charge is 0.338 e. The highest BCUT2D eigenvalue weighted by Crippen LogP contribution is 2.36. The van der Waals surface area contributed by atoms with Crippen LogP contribution in [-0.4, -0.2) is 34.6 Å². The van der Waals surface area contributed by atoms with Crippen LogP contribution in [0.2, 0.25) is 0 Å². The van der Waals surface area contributed by atoms with Crippen LogP contribution in [0.15, 0.2) is 58.4 Å². The second-order valence-corrected chi connectivity index (χ2v) is 8.12. The fourth-order valence-electron chi connectivity index (χ4n) is 2.95. The molecule has 0 bridgehead atoms. The van der Waals surface area contributed by atoms with Gasteiger partial charge >= 0.3 is 5.97 Å². The van der Waals surface area contributed by atoms with Gasteiger partial charge in [0.05, 0.1) is 22.8 Å². The molecule has 3 rings (SSSR count). The van der Waals surface area contributed by atoms with Gasteiger partial charge in [-0.25, -0.2) is 9.79 Å². The number of hydrogen-bond acceptors (Lipinski definition) is 5. The summed E-state index contributed by atoms with van der Waals surface area (Å²) in [7, 11) is 0. The molecule has 2 aromatic rings. The molecule has 0 spiro atoms. The zero-order chi connectivity index (χ0) is 21.7. The number of amidine groups is 1. The highest BCUT2D eigenvalue weighted by atomic mass is 32.2. The third-order valence-corrected chi connectivity index (χ3v) is 5.83.